The molecule has 1 aliphatic rings. The van der Waals surface area contributed by atoms with E-state index in [-0.39, 0.29) is 12.0 Å². The average Bonchev–Trinajstić information content (AvgIpc) is 3.14. The maximum atomic E-state index is 14.6. The summed E-state index contributed by atoms with van der Waals surface area (Å²) in [6, 6.07) is 8.57. The smallest absolute Gasteiger partial charge is 0.150 e. The summed E-state index contributed by atoms with van der Waals surface area (Å²) in [6.45, 7) is 0.701. The number of aromatic nitrogens is 5. The zero-order chi connectivity index (χ0) is 18.9. The van der Waals surface area contributed by atoms with Crippen molar-refractivity contribution in [3.05, 3.63) is 60.9 Å². The molecule has 1 aromatic carbocycles. The van der Waals surface area contributed by atoms with E-state index in [0.29, 0.717) is 29.3 Å². The minimum Gasteiger partial charge on any atom is -0.356 e. The molecule has 0 bridgehead atoms. The summed E-state index contributed by atoms with van der Waals surface area (Å²) < 4.78 is 22.3. The van der Waals surface area contributed by atoms with Crippen LogP contribution in [0.2, 0.25) is 0 Å². The lowest BCUT2D eigenvalue weighted by molar-refractivity contribution is -0.0365. The standard InChI is InChI=1S/C21H18FN5O/c22-16-6-2-1-5-14(16)21-15-11-17(18-12-23-8-9-24-18)25-13-19(15)27(26-21)20-7-3-4-10-28-20/h1-2,5-6,8-9,11-13,20H,3-4,7,10H2. The lowest BCUT2D eigenvalue weighted by Gasteiger charge is -2.23. The predicted octanol–water partition coefficient (Wildman–Crippen LogP) is 4.39. The summed E-state index contributed by atoms with van der Waals surface area (Å²) >= 11 is 0. The van der Waals surface area contributed by atoms with Crippen molar-refractivity contribution < 1.29 is 9.13 Å². The lowest BCUT2D eigenvalue weighted by atomic mass is 10.1. The second kappa shape index (κ2) is 7.09. The average molecular weight is 375 g/mol. The highest BCUT2D eigenvalue weighted by Crippen LogP contribution is 2.34. The van der Waals surface area contributed by atoms with Crippen molar-refractivity contribution in [2.75, 3.05) is 6.61 Å². The molecule has 1 atom stereocenters. The van der Waals surface area contributed by atoms with E-state index in [1.54, 1.807) is 36.9 Å². The van der Waals surface area contributed by atoms with Crippen molar-refractivity contribution in [2.24, 2.45) is 0 Å². The molecule has 1 unspecified atom stereocenters. The van der Waals surface area contributed by atoms with Gasteiger partial charge in [-0.1, -0.05) is 12.1 Å². The van der Waals surface area contributed by atoms with E-state index in [4.69, 9.17) is 9.84 Å². The lowest BCUT2D eigenvalue weighted by Crippen LogP contribution is -2.19. The van der Waals surface area contributed by atoms with Crippen molar-refractivity contribution >= 4 is 10.9 Å². The molecule has 6 nitrogen and oxygen atoms in total. The fourth-order valence-corrected chi connectivity index (χ4v) is 3.60. The number of hydrogen-bond acceptors (Lipinski definition) is 5. The zero-order valence-electron chi connectivity index (χ0n) is 15.1. The van der Waals surface area contributed by atoms with E-state index < -0.39 is 0 Å². The Kier molecular flexibility index (Phi) is 4.29. The molecule has 140 valence electrons. The number of pyridine rings is 1. The van der Waals surface area contributed by atoms with Gasteiger partial charge in [-0.15, -0.1) is 0 Å². The van der Waals surface area contributed by atoms with Gasteiger partial charge in [-0.05, 0) is 37.5 Å². The van der Waals surface area contributed by atoms with Gasteiger partial charge in [0, 0.05) is 30.0 Å². The SMILES string of the molecule is Fc1ccccc1-c1nn(C2CCCCO2)c2cnc(-c3cnccn3)cc12. The minimum atomic E-state index is -0.309. The van der Waals surface area contributed by atoms with Crippen LogP contribution in [0.4, 0.5) is 4.39 Å². The molecule has 0 amide bonds. The summed E-state index contributed by atoms with van der Waals surface area (Å²) in [4.78, 5) is 13.0. The van der Waals surface area contributed by atoms with Gasteiger partial charge in [0.25, 0.3) is 0 Å². The largest absolute Gasteiger partial charge is 0.356 e. The van der Waals surface area contributed by atoms with Gasteiger partial charge in [0.05, 0.1) is 23.6 Å². The summed E-state index contributed by atoms with van der Waals surface area (Å²) in [5.74, 6) is -0.309. The molecule has 1 fully saturated rings. The summed E-state index contributed by atoms with van der Waals surface area (Å²) in [5, 5.41) is 5.57. The molecule has 3 aromatic heterocycles. The number of hydrogen-bond donors (Lipinski definition) is 0. The quantitative estimate of drug-likeness (QED) is 0.531. The first-order valence-electron chi connectivity index (χ1n) is 9.32. The molecule has 28 heavy (non-hydrogen) atoms. The summed E-state index contributed by atoms with van der Waals surface area (Å²) in [7, 11) is 0. The maximum Gasteiger partial charge on any atom is 0.150 e. The third-order valence-electron chi connectivity index (χ3n) is 4.98. The highest BCUT2D eigenvalue weighted by Gasteiger charge is 2.23. The van der Waals surface area contributed by atoms with Gasteiger partial charge in [0.2, 0.25) is 0 Å². The first-order chi connectivity index (χ1) is 13.8. The molecule has 0 N–H and O–H groups in total. The van der Waals surface area contributed by atoms with E-state index in [1.807, 2.05) is 16.8 Å². The molecular formula is C21H18FN5O. The fraction of sp³-hybridized carbons (Fsp3) is 0.238. The molecule has 7 heteroatoms. The highest BCUT2D eigenvalue weighted by atomic mass is 19.1. The fourth-order valence-electron chi connectivity index (χ4n) is 3.60. The number of fused-ring (bicyclic) bond motifs is 1. The molecule has 0 radical (unpaired) electrons. The Morgan fingerprint density at radius 3 is 2.75 bits per heavy atom. The van der Waals surface area contributed by atoms with Crippen LogP contribution in [0.3, 0.4) is 0 Å². The molecule has 0 aliphatic carbocycles. The van der Waals surface area contributed by atoms with Crippen molar-refractivity contribution in [1.29, 1.82) is 0 Å². The van der Waals surface area contributed by atoms with Gasteiger partial charge in [-0.3, -0.25) is 15.0 Å². The van der Waals surface area contributed by atoms with Gasteiger partial charge in [0.15, 0.2) is 6.23 Å². The van der Waals surface area contributed by atoms with Crippen LogP contribution in [0.5, 0.6) is 0 Å². The number of ether oxygens (including phenoxy) is 1. The Hall–Kier alpha value is -3.19. The molecular weight excluding hydrogens is 357 g/mol. The number of rotatable bonds is 3. The van der Waals surface area contributed by atoms with Crippen molar-refractivity contribution in [3.63, 3.8) is 0 Å². The van der Waals surface area contributed by atoms with Crippen LogP contribution >= 0.6 is 0 Å². The van der Waals surface area contributed by atoms with Gasteiger partial charge >= 0.3 is 0 Å². The van der Waals surface area contributed by atoms with Crippen LogP contribution in [0.1, 0.15) is 25.5 Å². The number of benzene rings is 1. The van der Waals surface area contributed by atoms with Gasteiger partial charge in [0.1, 0.15) is 17.2 Å². The third kappa shape index (κ3) is 2.93. The Morgan fingerprint density at radius 2 is 1.96 bits per heavy atom. The highest BCUT2D eigenvalue weighted by molar-refractivity contribution is 5.95. The Balaban J connectivity index is 1.73. The van der Waals surface area contributed by atoms with Gasteiger partial charge in [-0.2, -0.15) is 5.10 Å². The monoisotopic (exact) mass is 375 g/mol. The predicted molar refractivity (Wildman–Crippen MR) is 103 cm³/mol. The molecule has 0 saturated carbocycles. The summed E-state index contributed by atoms with van der Waals surface area (Å²) in [6.07, 6.45) is 9.49. The second-order valence-corrected chi connectivity index (χ2v) is 6.77. The third-order valence-corrected chi connectivity index (χ3v) is 4.98. The Labute approximate surface area is 161 Å². The van der Waals surface area contributed by atoms with Crippen LogP contribution in [0.25, 0.3) is 33.5 Å². The van der Waals surface area contributed by atoms with Crippen LogP contribution in [-0.4, -0.2) is 31.3 Å². The van der Waals surface area contributed by atoms with E-state index in [0.717, 1.165) is 30.2 Å². The van der Waals surface area contributed by atoms with E-state index in [9.17, 15) is 4.39 Å². The Morgan fingerprint density at radius 1 is 1.04 bits per heavy atom. The first-order valence-corrected chi connectivity index (χ1v) is 9.32. The molecule has 1 aliphatic heterocycles. The van der Waals surface area contributed by atoms with E-state index in [1.165, 1.54) is 6.07 Å². The van der Waals surface area contributed by atoms with Crippen LogP contribution < -0.4 is 0 Å². The van der Waals surface area contributed by atoms with Crippen LogP contribution in [0, 0.1) is 5.82 Å². The normalized spacial score (nSPS) is 17.1. The molecule has 4 aromatic rings. The van der Waals surface area contributed by atoms with Crippen LogP contribution in [0.15, 0.2) is 55.1 Å². The van der Waals surface area contributed by atoms with E-state index in [2.05, 4.69) is 15.0 Å². The zero-order valence-corrected chi connectivity index (χ0v) is 15.1. The van der Waals surface area contributed by atoms with Crippen molar-refractivity contribution in [1.82, 2.24) is 24.7 Å². The van der Waals surface area contributed by atoms with Gasteiger partial charge < -0.3 is 4.74 Å². The molecule has 0 spiro atoms. The minimum absolute atomic E-state index is 0.166. The van der Waals surface area contributed by atoms with Crippen LogP contribution in [-0.2, 0) is 4.74 Å². The number of halogens is 1. The van der Waals surface area contributed by atoms with E-state index >= 15 is 0 Å². The number of nitrogens with zero attached hydrogens (tertiary/aromatic N) is 5. The topological polar surface area (TPSA) is 65.7 Å². The first kappa shape index (κ1) is 16.9. The van der Waals surface area contributed by atoms with Crippen molar-refractivity contribution in [3.8, 4) is 22.6 Å². The molecule has 1 saturated heterocycles. The summed E-state index contributed by atoms with van der Waals surface area (Å²) in [5.41, 5.74) is 3.18. The Bertz CT molecular complexity index is 1120. The molecule has 5 rings (SSSR count). The molecule has 4 heterocycles. The second-order valence-electron chi connectivity index (χ2n) is 6.77. The van der Waals surface area contributed by atoms with Crippen molar-refractivity contribution in [2.45, 2.75) is 25.5 Å². The van der Waals surface area contributed by atoms with Gasteiger partial charge in [-0.25, -0.2) is 9.07 Å². The maximum absolute atomic E-state index is 14.6.